The minimum Gasteiger partial charge on any atom is -0.490 e. The van der Waals surface area contributed by atoms with Crippen LogP contribution in [-0.4, -0.2) is 41.6 Å². The molecule has 3 amide bonds. The molecule has 6 rings (SSSR count). The normalized spacial score (nSPS) is 20.4. The van der Waals surface area contributed by atoms with Crippen molar-refractivity contribution in [2.24, 2.45) is 0 Å². The predicted molar refractivity (Wildman–Crippen MR) is 152 cm³/mol. The van der Waals surface area contributed by atoms with Gasteiger partial charge in [0, 0.05) is 23.4 Å². The number of benzene rings is 3. The van der Waals surface area contributed by atoms with Crippen LogP contribution in [0, 0.1) is 6.92 Å². The number of carbonyl (C=O) groups is 2. The molecule has 4 aromatic rings. The number of fused-ring (bicyclic) bond motifs is 5. The highest BCUT2D eigenvalue weighted by atomic mass is 16.5. The Balaban J connectivity index is 1.52. The Bertz CT molecular complexity index is 1590. The van der Waals surface area contributed by atoms with E-state index in [2.05, 4.69) is 18.0 Å². The third kappa shape index (κ3) is 3.79. The fourth-order valence-electron chi connectivity index (χ4n) is 6.03. The molecule has 2 aliphatic heterocycles. The molecule has 3 heterocycles. The van der Waals surface area contributed by atoms with Crippen molar-refractivity contribution < 1.29 is 19.1 Å². The van der Waals surface area contributed by atoms with E-state index >= 15 is 0 Å². The number of aryl methyl sites for hydroxylation is 1. The van der Waals surface area contributed by atoms with Gasteiger partial charge in [-0.05, 0) is 74.2 Å². The van der Waals surface area contributed by atoms with Crippen molar-refractivity contribution in [3.8, 4) is 11.5 Å². The third-order valence-corrected chi connectivity index (χ3v) is 7.92. The van der Waals surface area contributed by atoms with Crippen molar-refractivity contribution in [2.45, 2.75) is 45.6 Å². The number of aromatic amines is 1. The van der Waals surface area contributed by atoms with Crippen LogP contribution in [0.25, 0.3) is 10.9 Å². The number of imide groups is 1. The maximum absolute atomic E-state index is 14.2. The van der Waals surface area contributed by atoms with Crippen LogP contribution in [0.1, 0.15) is 55.5 Å². The molecule has 1 fully saturated rings. The van der Waals surface area contributed by atoms with Crippen LogP contribution in [0.15, 0.2) is 66.7 Å². The topological polar surface area (TPSA) is 74.9 Å². The number of nitrogens with zero attached hydrogens (tertiary/aromatic N) is 2. The molecular weight excluding hydrogens is 490 g/mol. The van der Waals surface area contributed by atoms with Gasteiger partial charge in [0.15, 0.2) is 17.0 Å². The smallest absolute Gasteiger partial charge is 0.332 e. The molecule has 0 unspecified atom stereocenters. The third-order valence-electron chi connectivity index (χ3n) is 7.92. The Hall–Kier alpha value is -4.26. The molecule has 0 saturated carbocycles. The molecule has 200 valence electrons. The van der Waals surface area contributed by atoms with Crippen molar-refractivity contribution in [3.63, 3.8) is 0 Å². The summed E-state index contributed by atoms with van der Waals surface area (Å²) in [5.74, 6) is 0.976. The highest BCUT2D eigenvalue weighted by Gasteiger charge is 2.60. The fourth-order valence-corrected chi connectivity index (χ4v) is 6.03. The van der Waals surface area contributed by atoms with Crippen LogP contribution in [0.4, 0.5) is 10.5 Å². The average molecular weight is 524 g/mol. The number of carbonyl (C=O) groups excluding carboxylic acids is 2. The van der Waals surface area contributed by atoms with E-state index in [4.69, 9.17) is 9.47 Å². The van der Waals surface area contributed by atoms with Gasteiger partial charge in [0.2, 0.25) is 0 Å². The van der Waals surface area contributed by atoms with Crippen molar-refractivity contribution in [1.29, 1.82) is 0 Å². The summed E-state index contributed by atoms with van der Waals surface area (Å²) in [6.07, 6.45) is 0.899. The average Bonchev–Trinajstić information content (AvgIpc) is 3.42. The summed E-state index contributed by atoms with van der Waals surface area (Å²) >= 11 is 0. The molecule has 0 radical (unpaired) electrons. The van der Waals surface area contributed by atoms with Crippen LogP contribution in [0.3, 0.4) is 0 Å². The molecule has 2 atom stereocenters. The lowest BCUT2D eigenvalue weighted by Gasteiger charge is -2.40. The summed E-state index contributed by atoms with van der Waals surface area (Å²) in [6, 6.07) is 21.3. The Morgan fingerprint density at radius 3 is 2.56 bits per heavy atom. The van der Waals surface area contributed by atoms with Crippen LogP contribution >= 0.6 is 0 Å². The van der Waals surface area contributed by atoms with Crippen molar-refractivity contribution in [1.82, 2.24) is 9.88 Å². The molecule has 1 saturated heterocycles. The molecule has 0 bridgehead atoms. The summed E-state index contributed by atoms with van der Waals surface area (Å²) < 4.78 is 11.9. The highest BCUT2D eigenvalue weighted by Crippen LogP contribution is 2.51. The second-order valence-corrected chi connectivity index (χ2v) is 10.4. The number of H-pyrrole nitrogens is 1. The predicted octanol–water partition coefficient (Wildman–Crippen LogP) is 6.49. The number of rotatable bonds is 7. The number of hydrogen-bond acceptors (Lipinski definition) is 4. The van der Waals surface area contributed by atoms with Gasteiger partial charge in [0.05, 0.1) is 24.6 Å². The molecule has 2 aliphatic rings. The molecule has 0 spiro atoms. The lowest BCUT2D eigenvalue weighted by atomic mass is 9.78. The zero-order valence-electron chi connectivity index (χ0n) is 22.8. The number of ether oxygens (including phenoxy) is 2. The van der Waals surface area contributed by atoms with Gasteiger partial charge in [0.25, 0.3) is 5.91 Å². The van der Waals surface area contributed by atoms with Crippen molar-refractivity contribution in [2.75, 3.05) is 24.7 Å². The maximum atomic E-state index is 14.2. The van der Waals surface area contributed by atoms with Crippen molar-refractivity contribution in [3.05, 3.63) is 89.1 Å². The number of amides is 3. The highest BCUT2D eigenvalue weighted by molar-refractivity contribution is 6.23. The molecule has 39 heavy (non-hydrogen) atoms. The molecule has 1 N–H and O–H groups in total. The summed E-state index contributed by atoms with van der Waals surface area (Å²) in [5.41, 5.74) is 4.17. The van der Waals surface area contributed by atoms with Gasteiger partial charge in [-0.15, -0.1) is 0 Å². The molecule has 0 aliphatic carbocycles. The van der Waals surface area contributed by atoms with Crippen LogP contribution < -0.4 is 14.4 Å². The van der Waals surface area contributed by atoms with E-state index in [0.29, 0.717) is 36.9 Å². The number of para-hydroxylation sites is 1. The van der Waals surface area contributed by atoms with Crippen LogP contribution in [-0.2, 0) is 10.3 Å². The van der Waals surface area contributed by atoms with Crippen LogP contribution in [0.5, 0.6) is 11.5 Å². The lowest BCUT2D eigenvalue weighted by molar-refractivity contribution is -0.125. The second-order valence-electron chi connectivity index (χ2n) is 10.4. The number of nitrogens with one attached hydrogen (secondary N) is 1. The van der Waals surface area contributed by atoms with Crippen molar-refractivity contribution >= 4 is 28.5 Å². The van der Waals surface area contributed by atoms with Gasteiger partial charge in [-0.1, -0.05) is 43.3 Å². The van der Waals surface area contributed by atoms with Gasteiger partial charge in [0.1, 0.15) is 0 Å². The summed E-state index contributed by atoms with van der Waals surface area (Å²) in [4.78, 5) is 34.7. The minimum atomic E-state index is -1.15. The Kier molecular flexibility index (Phi) is 6.09. The fraction of sp³-hybridized carbons (Fsp3) is 0.312. The second kappa shape index (κ2) is 9.49. The molecular formula is C32H33N3O4. The first-order chi connectivity index (χ1) is 18.9. The Labute approximate surface area is 228 Å². The number of anilines is 1. The molecule has 1 aromatic heterocycles. The summed E-state index contributed by atoms with van der Waals surface area (Å²) in [5, 5.41) is 1.05. The van der Waals surface area contributed by atoms with E-state index in [1.165, 1.54) is 4.90 Å². The largest absolute Gasteiger partial charge is 0.490 e. The van der Waals surface area contributed by atoms with Gasteiger partial charge >= 0.3 is 6.03 Å². The van der Waals surface area contributed by atoms with Crippen LogP contribution in [0.2, 0.25) is 0 Å². The first kappa shape index (κ1) is 25.0. The zero-order valence-corrected chi connectivity index (χ0v) is 22.8. The number of urea groups is 1. The lowest BCUT2D eigenvalue weighted by Crippen LogP contribution is -2.50. The monoisotopic (exact) mass is 523 g/mol. The molecule has 7 nitrogen and oxygen atoms in total. The maximum Gasteiger partial charge on any atom is 0.332 e. The van der Waals surface area contributed by atoms with E-state index in [9.17, 15) is 9.59 Å². The molecule has 3 aromatic carbocycles. The van der Waals surface area contributed by atoms with E-state index in [-0.39, 0.29) is 17.9 Å². The minimum absolute atomic E-state index is 0.169. The Morgan fingerprint density at radius 1 is 0.974 bits per heavy atom. The molecule has 7 heteroatoms. The van der Waals surface area contributed by atoms with Gasteiger partial charge < -0.3 is 19.4 Å². The standard InChI is InChI=1S/C32H33N3O4/c1-5-16-39-26-15-14-21(18-27(26)38-6-2)24-19-34-31(37)35(22-11-9-10-20(3)17-22)30(36)32(34,4)29-28(24)23-12-7-8-13-25(23)33-29/h7-15,17-18,24,33H,5-6,16,19H2,1-4H3/t24-,32+/m1/s1. The first-order valence-corrected chi connectivity index (χ1v) is 13.6. The van der Waals surface area contributed by atoms with E-state index in [1.807, 2.05) is 81.4 Å². The SMILES string of the molecule is CCCOc1ccc([C@H]2CN3C(=O)N(c4cccc(C)c4)C(=O)[C@]3(C)c3[nH]c4ccccc4c32)cc1OCC. The number of aromatic nitrogens is 1. The van der Waals surface area contributed by atoms with Gasteiger partial charge in [-0.3, -0.25) is 4.79 Å². The number of hydrogen-bond donors (Lipinski definition) is 1. The first-order valence-electron chi connectivity index (χ1n) is 13.6. The van der Waals surface area contributed by atoms with E-state index < -0.39 is 5.54 Å². The quantitative estimate of drug-likeness (QED) is 0.281. The van der Waals surface area contributed by atoms with E-state index in [1.54, 1.807) is 4.90 Å². The Morgan fingerprint density at radius 2 is 1.79 bits per heavy atom. The summed E-state index contributed by atoms with van der Waals surface area (Å²) in [7, 11) is 0. The van der Waals surface area contributed by atoms with E-state index in [0.717, 1.165) is 39.7 Å². The van der Waals surface area contributed by atoms with Gasteiger partial charge in [-0.2, -0.15) is 0 Å². The zero-order chi connectivity index (χ0) is 27.3. The van der Waals surface area contributed by atoms with Gasteiger partial charge in [-0.25, -0.2) is 9.69 Å². The summed E-state index contributed by atoms with van der Waals surface area (Å²) in [6.45, 7) is 9.32.